The van der Waals surface area contributed by atoms with E-state index >= 15 is 0 Å². The molecule has 2 heteroatoms. The predicted octanol–water partition coefficient (Wildman–Crippen LogP) is 16.9. The van der Waals surface area contributed by atoms with E-state index in [9.17, 15) is 5.11 Å². The summed E-state index contributed by atoms with van der Waals surface area (Å²) in [5.41, 5.74) is 10.2. The molecule has 12 aromatic rings. The second-order valence-electron chi connectivity index (χ2n) is 19.2. The average Bonchev–Trinajstić information content (AvgIpc) is 3.71. The highest BCUT2D eigenvalue weighted by molar-refractivity contribution is 6.28. The molecule has 0 spiro atoms. The van der Waals surface area contributed by atoms with Gasteiger partial charge in [0.1, 0.15) is 11.5 Å². The largest absolute Gasteiger partial charge is 0.507 e. The van der Waals surface area contributed by atoms with E-state index in [4.69, 9.17) is 4.74 Å². The first kappa shape index (κ1) is 37.8. The number of phenols is 1. The van der Waals surface area contributed by atoms with Gasteiger partial charge in [0, 0.05) is 21.6 Å². The van der Waals surface area contributed by atoms with Crippen molar-refractivity contribution in [3.63, 3.8) is 0 Å². The number of fused-ring (bicyclic) bond motifs is 22. The minimum atomic E-state index is -0.187. The van der Waals surface area contributed by atoms with Crippen molar-refractivity contribution in [3.05, 3.63) is 204 Å². The second-order valence-corrected chi connectivity index (χ2v) is 19.2. The molecular weight excluding hydrogens is 789 g/mol. The van der Waals surface area contributed by atoms with E-state index in [0.29, 0.717) is 5.75 Å². The molecule has 0 aliphatic heterocycles. The molecule has 2 aliphatic carbocycles. The van der Waals surface area contributed by atoms with Crippen molar-refractivity contribution >= 4 is 86.2 Å². The van der Waals surface area contributed by atoms with E-state index in [1.807, 2.05) is 18.2 Å². The van der Waals surface area contributed by atoms with E-state index in [0.717, 1.165) is 16.5 Å². The lowest BCUT2D eigenvalue weighted by Gasteiger charge is -2.23. The first-order chi connectivity index (χ1) is 31.6. The standard InChI is InChI=1S/C32H24O.C31H22O/c1-32(2)28-17-26-22-13-7-5-11-20(22)19-10-4-6-12-21(19)25(26)16-27(28)31-24-15-9-8-14-23(24)30(33-3)18-29(31)32;1-31(2)27-16-25-21-12-6-4-10-19(21)18-9-3-5-11-20(18)24(25)15-26(27)30-23-14-8-7-13-22(23)29(32)17-28(30)31/h4-18H,1-3H3;3-17,32H,1-2H3. The average molecular weight is 835 g/mol. The molecule has 65 heavy (non-hydrogen) atoms. The number of ether oxygens (including phenoxy) is 1. The normalized spacial score (nSPS) is 14.2. The Labute approximate surface area is 378 Å². The van der Waals surface area contributed by atoms with Crippen molar-refractivity contribution < 1.29 is 9.84 Å². The van der Waals surface area contributed by atoms with Crippen LogP contribution in [0.2, 0.25) is 0 Å². The van der Waals surface area contributed by atoms with E-state index in [1.165, 1.54) is 120 Å². The summed E-state index contributed by atoms with van der Waals surface area (Å²) >= 11 is 0. The molecule has 0 saturated heterocycles. The van der Waals surface area contributed by atoms with Crippen molar-refractivity contribution in [2.45, 2.75) is 38.5 Å². The number of hydrogen-bond donors (Lipinski definition) is 1. The number of rotatable bonds is 1. The van der Waals surface area contributed by atoms with E-state index < -0.39 is 0 Å². The fourth-order valence-electron chi connectivity index (χ4n) is 12.1. The minimum absolute atomic E-state index is 0.108. The molecule has 12 aromatic carbocycles. The van der Waals surface area contributed by atoms with Gasteiger partial charge in [-0.05, 0) is 156 Å². The van der Waals surface area contributed by atoms with Crippen LogP contribution in [0.25, 0.3) is 108 Å². The van der Waals surface area contributed by atoms with Crippen LogP contribution in [-0.4, -0.2) is 12.2 Å². The van der Waals surface area contributed by atoms with Crippen LogP contribution in [0.5, 0.6) is 11.5 Å². The van der Waals surface area contributed by atoms with Gasteiger partial charge in [0.05, 0.1) is 7.11 Å². The summed E-state index contributed by atoms with van der Waals surface area (Å²) in [4.78, 5) is 0. The van der Waals surface area contributed by atoms with Gasteiger partial charge in [-0.15, -0.1) is 0 Å². The molecular formula is C63H46O2. The Hall–Kier alpha value is -7.68. The second kappa shape index (κ2) is 13.4. The van der Waals surface area contributed by atoms with Crippen molar-refractivity contribution in [1.29, 1.82) is 0 Å². The smallest absolute Gasteiger partial charge is 0.127 e. The molecule has 310 valence electrons. The zero-order chi connectivity index (χ0) is 43.9. The highest BCUT2D eigenvalue weighted by Gasteiger charge is 2.39. The number of aromatic hydroxyl groups is 1. The molecule has 0 amide bonds. The number of phenolic OH excluding ortho intramolecular Hbond substituents is 1. The van der Waals surface area contributed by atoms with Gasteiger partial charge < -0.3 is 9.84 Å². The third-order valence-corrected chi connectivity index (χ3v) is 15.2. The summed E-state index contributed by atoms with van der Waals surface area (Å²) in [5.74, 6) is 1.31. The summed E-state index contributed by atoms with van der Waals surface area (Å²) in [6, 6.07) is 65.9. The molecule has 14 rings (SSSR count). The summed E-state index contributed by atoms with van der Waals surface area (Å²) in [6.45, 7) is 9.25. The van der Waals surface area contributed by atoms with Crippen molar-refractivity contribution in [1.82, 2.24) is 0 Å². The zero-order valence-corrected chi connectivity index (χ0v) is 37.2. The van der Waals surface area contributed by atoms with Crippen molar-refractivity contribution in [2.75, 3.05) is 7.11 Å². The summed E-state index contributed by atoms with van der Waals surface area (Å²) in [5, 5.41) is 31.0. The first-order valence-corrected chi connectivity index (χ1v) is 22.8. The lowest BCUT2D eigenvalue weighted by molar-refractivity contribution is 0.418. The quantitative estimate of drug-likeness (QED) is 0.167. The number of hydrogen-bond acceptors (Lipinski definition) is 2. The van der Waals surface area contributed by atoms with Gasteiger partial charge in [-0.2, -0.15) is 0 Å². The van der Waals surface area contributed by atoms with Crippen LogP contribution in [0.15, 0.2) is 182 Å². The number of benzene rings is 12. The molecule has 0 saturated carbocycles. The van der Waals surface area contributed by atoms with Crippen molar-refractivity contribution in [2.24, 2.45) is 0 Å². The highest BCUT2D eigenvalue weighted by atomic mass is 16.5. The lowest BCUT2D eigenvalue weighted by atomic mass is 9.81. The molecule has 0 heterocycles. The van der Waals surface area contributed by atoms with Crippen LogP contribution in [0.4, 0.5) is 0 Å². The highest BCUT2D eigenvalue weighted by Crippen LogP contribution is 2.57. The Balaban J connectivity index is 0.000000130. The van der Waals surface area contributed by atoms with Gasteiger partial charge in [0.2, 0.25) is 0 Å². The first-order valence-electron chi connectivity index (χ1n) is 22.8. The molecule has 1 N–H and O–H groups in total. The van der Waals surface area contributed by atoms with Gasteiger partial charge in [-0.1, -0.05) is 173 Å². The van der Waals surface area contributed by atoms with E-state index in [-0.39, 0.29) is 10.8 Å². The Morgan fingerprint density at radius 2 is 0.600 bits per heavy atom. The van der Waals surface area contributed by atoms with E-state index in [1.54, 1.807) is 7.11 Å². The van der Waals surface area contributed by atoms with Crippen LogP contribution >= 0.6 is 0 Å². The Kier molecular flexibility index (Phi) is 7.81. The van der Waals surface area contributed by atoms with E-state index in [2.05, 4.69) is 191 Å². The van der Waals surface area contributed by atoms with Crippen LogP contribution in [0.1, 0.15) is 49.9 Å². The van der Waals surface area contributed by atoms with Gasteiger partial charge in [0.15, 0.2) is 0 Å². The fourth-order valence-corrected chi connectivity index (χ4v) is 12.1. The third-order valence-electron chi connectivity index (χ3n) is 15.2. The third kappa shape index (κ3) is 5.11. The predicted molar refractivity (Wildman–Crippen MR) is 276 cm³/mol. The topological polar surface area (TPSA) is 29.5 Å². The maximum Gasteiger partial charge on any atom is 0.127 e. The van der Waals surface area contributed by atoms with Gasteiger partial charge in [-0.25, -0.2) is 0 Å². The molecule has 0 unspecified atom stereocenters. The maximum absolute atomic E-state index is 10.8. The molecule has 2 nitrogen and oxygen atoms in total. The maximum atomic E-state index is 10.8. The molecule has 2 aliphatic rings. The zero-order valence-electron chi connectivity index (χ0n) is 37.2. The lowest BCUT2D eigenvalue weighted by Crippen LogP contribution is -2.15. The van der Waals surface area contributed by atoms with Crippen LogP contribution in [-0.2, 0) is 10.8 Å². The molecule has 0 bridgehead atoms. The van der Waals surface area contributed by atoms with Gasteiger partial charge in [0.25, 0.3) is 0 Å². The molecule has 0 aromatic heterocycles. The minimum Gasteiger partial charge on any atom is -0.507 e. The van der Waals surface area contributed by atoms with Crippen molar-refractivity contribution in [3.8, 4) is 33.8 Å². The van der Waals surface area contributed by atoms with Gasteiger partial charge >= 0.3 is 0 Å². The summed E-state index contributed by atoms with van der Waals surface area (Å²) < 4.78 is 5.84. The summed E-state index contributed by atoms with van der Waals surface area (Å²) in [6.07, 6.45) is 0. The van der Waals surface area contributed by atoms with Crippen LogP contribution in [0, 0.1) is 0 Å². The Morgan fingerprint density at radius 3 is 0.985 bits per heavy atom. The molecule has 0 atom stereocenters. The van der Waals surface area contributed by atoms with Crippen LogP contribution in [0.3, 0.4) is 0 Å². The molecule has 0 fully saturated rings. The SMILES string of the molecule is CC1(C)c2cc3c4ccccc4c4ccccc4c3cc2-c2c1cc(O)c1ccccc21.COc1cc2c(c3ccccc13)-c1cc3c4ccccc4c4ccccc4c3cc1C2(C)C. The fraction of sp³-hybridized carbons (Fsp3) is 0.111. The number of methoxy groups -OCH3 is 1. The molecule has 0 radical (unpaired) electrons. The Bertz CT molecular complexity index is 4060. The monoisotopic (exact) mass is 834 g/mol. The summed E-state index contributed by atoms with van der Waals surface area (Å²) in [7, 11) is 1.77. The Morgan fingerprint density at radius 1 is 0.308 bits per heavy atom. The van der Waals surface area contributed by atoms with Gasteiger partial charge in [-0.3, -0.25) is 0 Å². The van der Waals surface area contributed by atoms with Crippen LogP contribution < -0.4 is 4.74 Å².